The number of amides is 1. The van der Waals surface area contributed by atoms with Crippen molar-refractivity contribution in [2.24, 2.45) is 5.73 Å². The van der Waals surface area contributed by atoms with Gasteiger partial charge in [-0.1, -0.05) is 30.3 Å². The van der Waals surface area contributed by atoms with Crippen molar-refractivity contribution < 1.29 is 9.53 Å². The highest BCUT2D eigenvalue weighted by Gasteiger charge is 2.15. The molecule has 3 heteroatoms. The first-order valence-electron chi connectivity index (χ1n) is 4.69. The average molecular weight is 193 g/mol. The van der Waals surface area contributed by atoms with E-state index in [9.17, 15) is 4.79 Å². The first-order valence-corrected chi connectivity index (χ1v) is 4.69. The summed E-state index contributed by atoms with van der Waals surface area (Å²) in [6.07, 6.45) is 0.0340. The highest BCUT2D eigenvalue weighted by molar-refractivity contribution is 5.79. The molecule has 0 aliphatic heterocycles. The number of hydrogen-bond acceptors (Lipinski definition) is 2. The lowest BCUT2D eigenvalue weighted by Gasteiger charge is -2.12. The second-order valence-electron chi connectivity index (χ2n) is 3.04. The van der Waals surface area contributed by atoms with Gasteiger partial charge in [0.2, 0.25) is 5.91 Å². The molecule has 0 fully saturated rings. The van der Waals surface area contributed by atoms with Crippen LogP contribution < -0.4 is 5.73 Å². The third-order valence-corrected chi connectivity index (χ3v) is 1.95. The number of rotatable bonds is 5. The molecule has 1 aromatic rings. The van der Waals surface area contributed by atoms with E-state index in [0.29, 0.717) is 13.0 Å². The molecule has 14 heavy (non-hydrogen) atoms. The maximum Gasteiger partial charge on any atom is 0.246 e. The topological polar surface area (TPSA) is 52.3 Å². The SMILES string of the molecule is CCOC(Cc1ccccc1)C(N)=O. The molecule has 3 nitrogen and oxygen atoms in total. The predicted molar refractivity (Wildman–Crippen MR) is 54.8 cm³/mol. The Morgan fingerprint density at radius 3 is 2.57 bits per heavy atom. The van der Waals surface area contributed by atoms with E-state index in [2.05, 4.69) is 0 Å². The van der Waals surface area contributed by atoms with E-state index >= 15 is 0 Å². The second kappa shape index (κ2) is 5.40. The molecule has 1 aromatic carbocycles. The largest absolute Gasteiger partial charge is 0.368 e. The van der Waals surface area contributed by atoms with Crippen molar-refractivity contribution in [3.63, 3.8) is 0 Å². The van der Waals surface area contributed by atoms with Gasteiger partial charge >= 0.3 is 0 Å². The van der Waals surface area contributed by atoms with Crippen molar-refractivity contribution in [3.05, 3.63) is 35.9 Å². The molecule has 0 aromatic heterocycles. The molecule has 0 spiro atoms. The summed E-state index contributed by atoms with van der Waals surface area (Å²) in [5.41, 5.74) is 6.27. The van der Waals surface area contributed by atoms with Gasteiger partial charge in [-0.05, 0) is 12.5 Å². The van der Waals surface area contributed by atoms with Gasteiger partial charge in [0.1, 0.15) is 6.10 Å². The predicted octanol–water partition coefficient (Wildman–Crippen LogP) is 1.12. The summed E-state index contributed by atoms with van der Waals surface area (Å²) >= 11 is 0. The van der Waals surface area contributed by atoms with E-state index in [1.807, 2.05) is 37.3 Å². The molecule has 1 rings (SSSR count). The summed E-state index contributed by atoms with van der Waals surface area (Å²) < 4.78 is 5.23. The summed E-state index contributed by atoms with van der Waals surface area (Å²) in [6.45, 7) is 2.35. The highest BCUT2D eigenvalue weighted by atomic mass is 16.5. The minimum absolute atomic E-state index is 0.407. The Balaban J connectivity index is 2.60. The van der Waals surface area contributed by atoms with E-state index in [1.165, 1.54) is 0 Å². The van der Waals surface area contributed by atoms with Crippen molar-refractivity contribution in [3.8, 4) is 0 Å². The minimum atomic E-state index is -0.512. The average Bonchev–Trinajstić information content (AvgIpc) is 2.18. The third-order valence-electron chi connectivity index (χ3n) is 1.95. The van der Waals surface area contributed by atoms with Crippen LogP contribution in [0.2, 0.25) is 0 Å². The van der Waals surface area contributed by atoms with E-state index in [4.69, 9.17) is 10.5 Å². The summed E-state index contributed by atoms with van der Waals surface area (Å²) in [4.78, 5) is 11.0. The van der Waals surface area contributed by atoms with Crippen LogP contribution in [0, 0.1) is 0 Å². The van der Waals surface area contributed by atoms with Gasteiger partial charge in [0.25, 0.3) is 0 Å². The Morgan fingerprint density at radius 2 is 2.07 bits per heavy atom. The maximum atomic E-state index is 11.0. The molecular weight excluding hydrogens is 178 g/mol. The molecule has 0 aliphatic carbocycles. The molecule has 0 heterocycles. The maximum absolute atomic E-state index is 11.0. The van der Waals surface area contributed by atoms with Crippen LogP contribution in [0.15, 0.2) is 30.3 Å². The number of carbonyl (C=O) groups is 1. The molecule has 1 unspecified atom stereocenters. The second-order valence-corrected chi connectivity index (χ2v) is 3.04. The standard InChI is InChI=1S/C11H15NO2/c1-2-14-10(11(12)13)8-9-6-4-3-5-7-9/h3-7,10H,2,8H2,1H3,(H2,12,13). The Kier molecular flexibility index (Phi) is 4.13. The van der Waals surface area contributed by atoms with E-state index < -0.39 is 12.0 Å². The molecule has 76 valence electrons. The smallest absolute Gasteiger partial charge is 0.246 e. The number of ether oxygens (including phenoxy) is 1. The number of carbonyl (C=O) groups excluding carboxylic acids is 1. The zero-order valence-corrected chi connectivity index (χ0v) is 8.27. The Bertz CT molecular complexity index is 285. The highest BCUT2D eigenvalue weighted by Crippen LogP contribution is 2.05. The van der Waals surface area contributed by atoms with E-state index in [1.54, 1.807) is 0 Å². The minimum Gasteiger partial charge on any atom is -0.368 e. The van der Waals surface area contributed by atoms with Crippen molar-refractivity contribution in [2.75, 3.05) is 6.61 Å². The van der Waals surface area contributed by atoms with Crippen molar-refractivity contribution in [1.29, 1.82) is 0 Å². The van der Waals surface area contributed by atoms with Crippen molar-refractivity contribution in [1.82, 2.24) is 0 Å². The zero-order chi connectivity index (χ0) is 10.4. The number of nitrogens with two attached hydrogens (primary N) is 1. The van der Waals surface area contributed by atoms with Crippen LogP contribution in [-0.4, -0.2) is 18.6 Å². The van der Waals surface area contributed by atoms with Gasteiger partial charge in [-0.3, -0.25) is 4.79 Å². The van der Waals surface area contributed by atoms with Gasteiger partial charge in [-0.15, -0.1) is 0 Å². The molecule has 1 atom stereocenters. The monoisotopic (exact) mass is 193 g/mol. The van der Waals surface area contributed by atoms with Crippen molar-refractivity contribution >= 4 is 5.91 Å². The van der Waals surface area contributed by atoms with Crippen LogP contribution in [0.25, 0.3) is 0 Å². The van der Waals surface area contributed by atoms with Crippen LogP contribution in [0.3, 0.4) is 0 Å². The van der Waals surface area contributed by atoms with Crippen LogP contribution in [-0.2, 0) is 16.0 Å². The summed E-state index contributed by atoms with van der Waals surface area (Å²) in [5.74, 6) is -0.407. The van der Waals surface area contributed by atoms with Gasteiger partial charge in [0.05, 0.1) is 0 Å². The summed E-state index contributed by atoms with van der Waals surface area (Å²) in [7, 11) is 0. The molecule has 0 saturated carbocycles. The fourth-order valence-corrected chi connectivity index (χ4v) is 1.27. The fourth-order valence-electron chi connectivity index (χ4n) is 1.27. The number of benzene rings is 1. The van der Waals surface area contributed by atoms with Crippen molar-refractivity contribution in [2.45, 2.75) is 19.4 Å². The van der Waals surface area contributed by atoms with Gasteiger partial charge in [0, 0.05) is 13.0 Å². The summed E-state index contributed by atoms with van der Waals surface area (Å²) in [5, 5.41) is 0. The number of hydrogen-bond donors (Lipinski definition) is 1. The van der Waals surface area contributed by atoms with Crippen LogP contribution in [0.1, 0.15) is 12.5 Å². The number of primary amides is 1. The molecule has 2 N–H and O–H groups in total. The quantitative estimate of drug-likeness (QED) is 0.761. The van der Waals surface area contributed by atoms with Gasteiger partial charge in [-0.2, -0.15) is 0 Å². The lowest BCUT2D eigenvalue weighted by Crippen LogP contribution is -2.33. The van der Waals surface area contributed by atoms with Crippen LogP contribution >= 0.6 is 0 Å². The fraction of sp³-hybridized carbons (Fsp3) is 0.364. The Labute approximate surface area is 83.9 Å². The van der Waals surface area contributed by atoms with Crippen LogP contribution in [0.5, 0.6) is 0 Å². The first kappa shape index (κ1) is 10.7. The van der Waals surface area contributed by atoms with Gasteiger partial charge in [-0.25, -0.2) is 0 Å². The molecule has 0 radical (unpaired) electrons. The normalized spacial score (nSPS) is 12.4. The van der Waals surface area contributed by atoms with Gasteiger partial charge < -0.3 is 10.5 Å². The lowest BCUT2D eigenvalue weighted by molar-refractivity contribution is -0.129. The molecule has 0 bridgehead atoms. The molecule has 0 saturated heterocycles. The van der Waals surface area contributed by atoms with E-state index in [0.717, 1.165) is 5.56 Å². The molecule has 0 aliphatic rings. The first-order chi connectivity index (χ1) is 6.74. The summed E-state index contributed by atoms with van der Waals surface area (Å²) in [6, 6.07) is 9.70. The van der Waals surface area contributed by atoms with Crippen LogP contribution in [0.4, 0.5) is 0 Å². The lowest BCUT2D eigenvalue weighted by atomic mass is 10.1. The molecular formula is C11H15NO2. The third kappa shape index (κ3) is 3.18. The zero-order valence-electron chi connectivity index (χ0n) is 8.27. The Morgan fingerprint density at radius 1 is 1.43 bits per heavy atom. The van der Waals surface area contributed by atoms with E-state index in [-0.39, 0.29) is 0 Å². The Hall–Kier alpha value is -1.35. The van der Waals surface area contributed by atoms with Gasteiger partial charge in [0.15, 0.2) is 0 Å². The molecule has 1 amide bonds.